The van der Waals surface area contributed by atoms with E-state index in [4.69, 9.17) is 10.5 Å². The van der Waals surface area contributed by atoms with E-state index < -0.39 is 11.9 Å². The summed E-state index contributed by atoms with van der Waals surface area (Å²) in [5, 5.41) is 2.45. The molecule has 3 N–H and O–H groups in total. The second kappa shape index (κ2) is 5.63. The summed E-state index contributed by atoms with van der Waals surface area (Å²) in [6.07, 6.45) is -0.666. The van der Waals surface area contributed by atoms with E-state index in [1.54, 1.807) is 26.0 Å². The van der Waals surface area contributed by atoms with Crippen molar-refractivity contribution in [3.63, 3.8) is 0 Å². The Morgan fingerprint density at radius 1 is 1.47 bits per heavy atom. The highest BCUT2D eigenvalue weighted by Gasteiger charge is 2.14. The summed E-state index contributed by atoms with van der Waals surface area (Å²) in [7, 11) is 1.52. The molecule has 5 heteroatoms. The smallest absolute Gasteiger partial charge is 0.260 e. The number of amides is 1. The lowest BCUT2D eigenvalue weighted by molar-refractivity contribution is -0.126. The van der Waals surface area contributed by atoms with Crippen LogP contribution in [0.1, 0.15) is 25.5 Å². The van der Waals surface area contributed by atoms with Crippen LogP contribution in [0.25, 0.3) is 0 Å². The zero-order chi connectivity index (χ0) is 13.0. The van der Waals surface area contributed by atoms with Gasteiger partial charge in [-0.15, -0.1) is 0 Å². The third-order valence-electron chi connectivity index (χ3n) is 2.39. The van der Waals surface area contributed by atoms with Crippen molar-refractivity contribution < 1.29 is 13.9 Å². The van der Waals surface area contributed by atoms with Gasteiger partial charge >= 0.3 is 0 Å². The zero-order valence-corrected chi connectivity index (χ0v) is 10.2. The van der Waals surface area contributed by atoms with Crippen molar-refractivity contribution in [3.05, 3.63) is 29.6 Å². The fourth-order valence-electron chi connectivity index (χ4n) is 1.41. The van der Waals surface area contributed by atoms with Crippen molar-refractivity contribution >= 4 is 5.91 Å². The first-order valence-electron chi connectivity index (χ1n) is 5.39. The molecule has 2 atom stereocenters. The predicted octanol–water partition coefficient (Wildman–Crippen LogP) is 1.36. The van der Waals surface area contributed by atoms with E-state index in [0.717, 1.165) is 0 Å². The van der Waals surface area contributed by atoms with E-state index in [9.17, 15) is 9.18 Å². The molecular weight excluding hydrogens is 223 g/mol. The fraction of sp³-hybridized carbons (Fsp3) is 0.417. The minimum absolute atomic E-state index is 0.262. The molecule has 1 amide bonds. The van der Waals surface area contributed by atoms with Gasteiger partial charge in [-0.05, 0) is 19.9 Å². The number of nitrogens with two attached hydrogens (primary N) is 1. The molecule has 0 aliphatic rings. The van der Waals surface area contributed by atoms with Crippen LogP contribution in [-0.2, 0) is 4.79 Å². The summed E-state index contributed by atoms with van der Waals surface area (Å²) in [4.78, 5) is 11.2. The molecule has 0 aliphatic heterocycles. The number of halogens is 1. The monoisotopic (exact) mass is 240 g/mol. The molecule has 0 radical (unpaired) electrons. The maximum atomic E-state index is 13.6. The molecule has 4 nitrogen and oxygen atoms in total. The highest BCUT2D eigenvalue weighted by molar-refractivity contribution is 5.80. The minimum atomic E-state index is -0.666. The molecule has 1 aromatic rings. The number of carbonyl (C=O) groups is 1. The van der Waals surface area contributed by atoms with Gasteiger partial charge in [-0.3, -0.25) is 4.79 Å². The van der Waals surface area contributed by atoms with Gasteiger partial charge in [0.15, 0.2) is 6.10 Å². The lowest BCUT2D eigenvalue weighted by Gasteiger charge is -2.14. The molecule has 0 bridgehead atoms. The molecule has 0 aromatic heterocycles. The van der Waals surface area contributed by atoms with Crippen LogP contribution < -0.4 is 15.8 Å². The molecule has 1 aromatic carbocycles. The van der Waals surface area contributed by atoms with Crippen LogP contribution in [0.15, 0.2) is 18.2 Å². The van der Waals surface area contributed by atoms with E-state index in [2.05, 4.69) is 5.32 Å². The highest BCUT2D eigenvalue weighted by Crippen LogP contribution is 2.21. The van der Waals surface area contributed by atoms with Crippen LogP contribution >= 0.6 is 0 Å². The van der Waals surface area contributed by atoms with E-state index in [0.29, 0.717) is 11.3 Å². The van der Waals surface area contributed by atoms with Crippen molar-refractivity contribution in [3.8, 4) is 5.75 Å². The Bertz CT molecular complexity index is 407. The van der Waals surface area contributed by atoms with Crippen molar-refractivity contribution in [1.82, 2.24) is 5.32 Å². The van der Waals surface area contributed by atoms with Gasteiger partial charge in [0.05, 0.1) is 0 Å². The SMILES string of the molecule is CNC(=O)C(C)Oc1ccc(C(C)N)c(F)c1. The van der Waals surface area contributed by atoms with Crippen molar-refractivity contribution in [2.75, 3.05) is 7.05 Å². The third-order valence-corrected chi connectivity index (χ3v) is 2.39. The summed E-state index contributed by atoms with van der Waals surface area (Å²) < 4.78 is 18.9. The molecule has 0 aliphatic carbocycles. The number of carbonyl (C=O) groups excluding carboxylic acids is 1. The second-order valence-corrected chi connectivity index (χ2v) is 3.85. The van der Waals surface area contributed by atoms with Crippen LogP contribution in [0, 0.1) is 5.82 Å². The number of hydrogen-bond donors (Lipinski definition) is 2. The van der Waals surface area contributed by atoms with Gasteiger partial charge in [-0.25, -0.2) is 4.39 Å². The molecule has 2 unspecified atom stereocenters. The summed E-state index contributed by atoms with van der Waals surface area (Å²) >= 11 is 0. The van der Waals surface area contributed by atoms with Crippen LogP contribution in [0.5, 0.6) is 5.75 Å². The Labute approximate surface area is 100.0 Å². The third kappa shape index (κ3) is 3.42. The van der Waals surface area contributed by atoms with E-state index in [1.165, 1.54) is 13.1 Å². The van der Waals surface area contributed by atoms with Gasteiger partial charge < -0.3 is 15.8 Å². The Morgan fingerprint density at radius 3 is 2.59 bits per heavy atom. The average Bonchev–Trinajstić information content (AvgIpc) is 2.27. The van der Waals surface area contributed by atoms with Crippen LogP contribution in [0.2, 0.25) is 0 Å². The second-order valence-electron chi connectivity index (χ2n) is 3.85. The lowest BCUT2D eigenvalue weighted by atomic mass is 10.1. The summed E-state index contributed by atoms with van der Waals surface area (Å²) in [5.74, 6) is -0.383. The Balaban J connectivity index is 2.81. The standard InChI is InChI=1S/C12H17FN2O2/c1-7(14)10-5-4-9(6-11(10)13)17-8(2)12(16)15-3/h4-8H,14H2,1-3H3,(H,15,16). The Kier molecular flexibility index (Phi) is 4.45. The number of benzene rings is 1. The molecular formula is C12H17FN2O2. The topological polar surface area (TPSA) is 64.3 Å². The van der Waals surface area contributed by atoms with E-state index >= 15 is 0 Å². The Hall–Kier alpha value is -1.62. The number of ether oxygens (including phenoxy) is 1. The number of hydrogen-bond acceptors (Lipinski definition) is 3. The van der Waals surface area contributed by atoms with Gasteiger partial charge in [0, 0.05) is 24.7 Å². The molecule has 1 rings (SSSR count). The molecule has 94 valence electrons. The van der Waals surface area contributed by atoms with E-state index in [1.807, 2.05) is 0 Å². The summed E-state index contributed by atoms with van der Waals surface area (Å²) in [6.45, 7) is 3.29. The summed E-state index contributed by atoms with van der Waals surface area (Å²) in [5.41, 5.74) is 6.01. The van der Waals surface area contributed by atoms with Gasteiger partial charge in [0.25, 0.3) is 5.91 Å². The Morgan fingerprint density at radius 2 is 2.12 bits per heavy atom. The first-order valence-corrected chi connectivity index (χ1v) is 5.39. The molecule has 0 spiro atoms. The van der Waals surface area contributed by atoms with Crippen LogP contribution in [-0.4, -0.2) is 19.1 Å². The van der Waals surface area contributed by atoms with E-state index in [-0.39, 0.29) is 11.9 Å². The maximum Gasteiger partial charge on any atom is 0.260 e. The quantitative estimate of drug-likeness (QED) is 0.835. The number of rotatable bonds is 4. The first-order chi connectivity index (χ1) is 7.95. The van der Waals surface area contributed by atoms with Crippen LogP contribution in [0.3, 0.4) is 0 Å². The first kappa shape index (κ1) is 13.4. The molecule has 0 saturated heterocycles. The average molecular weight is 240 g/mol. The molecule has 0 heterocycles. The van der Waals surface area contributed by atoms with Crippen LogP contribution in [0.4, 0.5) is 4.39 Å². The summed E-state index contributed by atoms with van der Waals surface area (Å²) in [6, 6.07) is 4.02. The minimum Gasteiger partial charge on any atom is -0.481 e. The van der Waals surface area contributed by atoms with Gasteiger partial charge in [-0.2, -0.15) is 0 Å². The number of nitrogens with one attached hydrogen (secondary N) is 1. The maximum absolute atomic E-state index is 13.6. The molecule has 0 saturated carbocycles. The number of likely N-dealkylation sites (N-methyl/N-ethyl adjacent to an activating group) is 1. The van der Waals surface area contributed by atoms with Gasteiger partial charge in [-0.1, -0.05) is 6.07 Å². The zero-order valence-electron chi connectivity index (χ0n) is 10.2. The van der Waals surface area contributed by atoms with Gasteiger partial charge in [0.1, 0.15) is 11.6 Å². The van der Waals surface area contributed by atoms with Crippen molar-refractivity contribution in [2.24, 2.45) is 5.73 Å². The van der Waals surface area contributed by atoms with Crippen molar-refractivity contribution in [1.29, 1.82) is 0 Å². The van der Waals surface area contributed by atoms with Gasteiger partial charge in [0.2, 0.25) is 0 Å². The van der Waals surface area contributed by atoms with Crippen molar-refractivity contribution in [2.45, 2.75) is 26.0 Å². The largest absolute Gasteiger partial charge is 0.481 e. The molecule has 17 heavy (non-hydrogen) atoms. The molecule has 0 fully saturated rings. The predicted molar refractivity (Wildman–Crippen MR) is 63.2 cm³/mol. The lowest BCUT2D eigenvalue weighted by Crippen LogP contribution is -2.33. The normalized spacial score (nSPS) is 13.9. The highest BCUT2D eigenvalue weighted by atomic mass is 19.1. The fourth-order valence-corrected chi connectivity index (χ4v) is 1.41.